The van der Waals surface area contributed by atoms with Crippen LogP contribution in [0.2, 0.25) is 0 Å². The molecule has 0 atom stereocenters. The summed E-state index contributed by atoms with van der Waals surface area (Å²) in [5, 5.41) is 2.52. The van der Waals surface area contributed by atoms with Crippen LogP contribution in [0.4, 0.5) is 0 Å². The number of carbonyl (C=O) groups is 2. The fraction of sp³-hybridized carbons (Fsp3) is 0.176. The first-order valence-electron chi connectivity index (χ1n) is 7.39. The van der Waals surface area contributed by atoms with Gasteiger partial charge in [-0.05, 0) is 48.0 Å². The van der Waals surface area contributed by atoms with Crippen LogP contribution in [0.1, 0.15) is 46.0 Å². The number of nitrogens with zero attached hydrogens (tertiary/aromatic N) is 1. The zero-order chi connectivity index (χ0) is 17.5. The standard InChI is InChI=1S/C17H18N4O2S/c1-11(2)12-3-5-13(6-4-12)15(22)19-17(24)21-20-16(23)14-7-9-18-10-8-14/h3-11H,1-2H3,(H,20,23)(H2,19,21,22,24). The number of carbonyl (C=O) groups excluding carboxylic acids is 2. The Morgan fingerprint density at radius 3 is 2.08 bits per heavy atom. The molecule has 1 aromatic carbocycles. The first kappa shape index (κ1) is 17.6. The van der Waals surface area contributed by atoms with Crippen LogP contribution >= 0.6 is 12.2 Å². The second kappa shape index (κ2) is 8.16. The molecule has 0 aliphatic heterocycles. The zero-order valence-corrected chi connectivity index (χ0v) is 14.2. The van der Waals surface area contributed by atoms with Crippen molar-refractivity contribution in [2.24, 2.45) is 0 Å². The van der Waals surface area contributed by atoms with Gasteiger partial charge in [-0.3, -0.25) is 30.7 Å². The number of amides is 2. The minimum Gasteiger partial charge on any atom is -0.298 e. The molecule has 124 valence electrons. The van der Waals surface area contributed by atoms with Crippen LogP contribution < -0.4 is 16.2 Å². The summed E-state index contributed by atoms with van der Waals surface area (Å²) in [5.41, 5.74) is 6.96. The summed E-state index contributed by atoms with van der Waals surface area (Å²) in [6, 6.07) is 10.4. The van der Waals surface area contributed by atoms with E-state index in [-0.39, 0.29) is 16.9 Å². The number of hydrazine groups is 1. The van der Waals surface area contributed by atoms with E-state index >= 15 is 0 Å². The molecule has 1 heterocycles. The number of hydrogen-bond donors (Lipinski definition) is 3. The van der Waals surface area contributed by atoms with Crippen LogP contribution in [0.3, 0.4) is 0 Å². The third kappa shape index (κ3) is 4.85. The van der Waals surface area contributed by atoms with Gasteiger partial charge in [0.1, 0.15) is 0 Å². The van der Waals surface area contributed by atoms with Crippen molar-refractivity contribution in [1.82, 2.24) is 21.2 Å². The zero-order valence-electron chi connectivity index (χ0n) is 13.4. The molecule has 2 rings (SSSR count). The van der Waals surface area contributed by atoms with E-state index in [1.54, 1.807) is 24.3 Å². The molecule has 0 saturated heterocycles. The van der Waals surface area contributed by atoms with Gasteiger partial charge in [-0.1, -0.05) is 26.0 Å². The van der Waals surface area contributed by atoms with Gasteiger partial charge in [0.25, 0.3) is 11.8 Å². The number of rotatable bonds is 3. The highest BCUT2D eigenvalue weighted by molar-refractivity contribution is 7.80. The number of benzene rings is 1. The quantitative estimate of drug-likeness (QED) is 0.588. The van der Waals surface area contributed by atoms with E-state index in [9.17, 15) is 9.59 Å². The number of hydrogen-bond acceptors (Lipinski definition) is 4. The molecule has 0 spiro atoms. The normalized spacial score (nSPS) is 10.1. The van der Waals surface area contributed by atoms with Gasteiger partial charge in [-0.15, -0.1) is 0 Å². The van der Waals surface area contributed by atoms with Gasteiger partial charge in [0.2, 0.25) is 0 Å². The molecule has 24 heavy (non-hydrogen) atoms. The topological polar surface area (TPSA) is 83.1 Å². The van der Waals surface area contributed by atoms with Crippen molar-refractivity contribution in [3.63, 3.8) is 0 Å². The Bertz CT molecular complexity index is 730. The molecule has 0 fully saturated rings. The Labute approximate surface area is 145 Å². The highest BCUT2D eigenvalue weighted by atomic mass is 32.1. The lowest BCUT2D eigenvalue weighted by Crippen LogP contribution is -2.48. The minimum absolute atomic E-state index is 0.00958. The van der Waals surface area contributed by atoms with E-state index in [0.29, 0.717) is 17.0 Å². The average molecular weight is 342 g/mol. The first-order chi connectivity index (χ1) is 11.5. The van der Waals surface area contributed by atoms with E-state index in [1.807, 2.05) is 12.1 Å². The van der Waals surface area contributed by atoms with Crippen LogP contribution in [0, 0.1) is 0 Å². The minimum atomic E-state index is -0.379. The monoisotopic (exact) mass is 342 g/mol. The maximum absolute atomic E-state index is 12.1. The molecule has 0 unspecified atom stereocenters. The summed E-state index contributed by atoms with van der Waals surface area (Å²) >= 11 is 5.00. The van der Waals surface area contributed by atoms with Crippen LogP contribution in [0.5, 0.6) is 0 Å². The Morgan fingerprint density at radius 1 is 0.917 bits per heavy atom. The summed E-state index contributed by atoms with van der Waals surface area (Å²) in [5.74, 6) is -0.329. The SMILES string of the molecule is CC(C)c1ccc(C(=O)NC(=S)NNC(=O)c2ccncc2)cc1. The second-order valence-corrected chi connectivity index (χ2v) is 5.78. The Balaban J connectivity index is 1.85. The van der Waals surface area contributed by atoms with Crippen LogP contribution in [-0.2, 0) is 0 Å². The Kier molecular flexibility index (Phi) is 5.97. The largest absolute Gasteiger partial charge is 0.298 e. The molecular formula is C17H18N4O2S. The van der Waals surface area contributed by atoms with Crippen molar-refractivity contribution in [1.29, 1.82) is 0 Å². The van der Waals surface area contributed by atoms with Crippen molar-refractivity contribution in [3.05, 3.63) is 65.5 Å². The highest BCUT2D eigenvalue weighted by Gasteiger charge is 2.10. The summed E-state index contributed by atoms with van der Waals surface area (Å²) in [7, 11) is 0. The lowest BCUT2D eigenvalue weighted by atomic mass is 10.0. The highest BCUT2D eigenvalue weighted by Crippen LogP contribution is 2.14. The van der Waals surface area contributed by atoms with Gasteiger partial charge in [0.15, 0.2) is 5.11 Å². The maximum atomic E-state index is 12.1. The fourth-order valence-corrected chi connectivity index (χ4v) is 2.06. The molecule has 2 aromatic rings. The summed E-state index contributed by atoms with van der Waals surface area (Å²) in [6.45, 7) is 4.17. The van der Waals surface area contributed by atoms with E-state index < -0.39 is 0 Å². The maximum Gasteiger partial charge on any atom is 0.269 e. The molecule has 0 bridgehead atoms. The summed E-state index contributed by atoms with van der Waals surface area (Å²) in [4.78, 5) is 27.8. The molecule has 0 saturated carbocycles. The Morgan fingerprint density at radius 2 is 1.50 bits per heavy atom. The number of nitrogens with one attached hydrogen (secondary N) is 3. The predicted octanol–water partition coefficient (Wildman–Crippen LogP) is 2.15. The molecule has 0 radical (unpaired) electrons. The van der Waals surface area contributed by atoms with Gasteiger partial charge in [-0.25, -0.2) is 0 Å². The summed E-state index contributed by atoms with van der Waals surface area (Å²) in [6.07, 6.45) is 3.02. The number of aromatic nitrogens is 1. The fourth-order valence-electron chi connectivity index (χ4n) is 1.91. The lowest BCUT2D eigenvalue weighted by Gasteiger charge is -2.11. The van der Waals surface area contributed by atoms with Crippen LogP contribution in [0.25, 0.3) is 0 Å². The van der Waals surface area contributed by atoms with Gasteiger partial charge in [-0.2, -0.15) is 0 Å². The van der Waals surface area contributed by atoms with Crippen LogP contribution in [-0.4, -0.2) is 21.9 Å². The molecule has 6 nitrogen and oxygen atoms in total. The van der Waals surface area contributed by atoms with Crippen LogP contribution in [0.15, 0.2) is 48.8 Å². The van der Waals surface area contributed by atoms with Crippen molar-refractivity contribution < 1.29 is 9.59 Å². The third-order valence-corrected chi connectivity index (χ3v) is 3.50. The van der Waals surface area contributed by atoms with Crippen molar-refractivity contribution >= 4 is 29.1 Å². The van der Waals surface area contributed by atoms with E-state index in [0.717, 1.165) is 5.56 Å². The van der Waals surface area contributed by atoms with Gasteiger partial charge >= 0.3 is 0 Å². The smallest absolute Gasteiger partial charge is 0.269 e. The van der Waals surface area contributed by atoms with Crippen molar-refractivity contribution in [2.75, 3.05) is 0 Å². The molecular weight excluding hydrogens is 324 g/mol. The number of pyridine rings is 1. The second-order valence-electron chi connectivity index (χ2n) is 5.37. The molecule has 0 aliphatic carbocycles. The van der Waals surface area contributed by atoms with E-state index in [4.69, 9.17) is 12.2 Å². The lowest BCUT2D eigenvalue weighted by molar-refractivity contribution is 0.0934. The van der Waals surface area contributed by atoms with Gasteiger partial charge < -0.3 is 0 Å². The molecule has 2 amide bonds. The van der Waals surface area contributed by atoms with Crippen molar-refractivity contribution in [2.45, 2.75) is 19.8 Å². The van der Waals surface area contributed by atoms with Crippen molar-refractivity contribution in [3.8, 4) is 0 Å². The number of thiocarbonyl (C=S) groups is 1. The first-order valence-corrected chi connectivity index (χ1v) is 7.80. The van der Waals surface area contributed by atoms with Gasteiger partial charge in [0, 0.05) is 23.5 Å². The molecule has 1 aromatic heterocycles. The third-order valence-electron chi connectivity index (χ3n) is 3.30. The predicted molar refractivity (Wildman–Crippen MR) is 95.4 cm³/mol. The molecule has 7 heteroatoms. The van der Waals surface area contributed by atoms with E-state index in [1.165, 1.54) is 12.4 Å². The summed E-state index contributed by atoms with van der Waals surface area (Å²) < 4.78 is 0. The molecule has 0 aliphatic rings. The van der Waals surface area contributed by atoms with E-state index in [2.05, 4.69) is 35.0 Å². The van der Waals surface area contributed by atoms with Gasteiger partial charge in [0.05, 0.1) is 0 Å². The molecule has 3 N–H and O–H groups in total. The average Bonchev–Trinajstić information content (AvgIpc) is 2.60. The Hall–Kier alpha value is -2.80.